The summed E-state index contributed by atoms with van der Waals surface area (Å²) in [5.74, 6) is 1.60. The Balaban J connectivity index is 1.29. The molecular formula is C27H28N2O5. The number of aliphatic carboxylic acids is 1. The molecule has 0 radical (unpaired) electrons. The molecule has 34 heavy (non-hydrogen) atoms. The molecule has 2 amide bonds. The lowest BCUT2D eigenvalue weighted by Crippen LogP contribution is -2.48. The molecule has 1 fully saturated rings. The largest absolute Gasteiger partial charge is 0.481 e. The summed E-state index contributed by atoms with van der Waals surface area (Å²) in [5, 5.41) is 14.2. The minimum absolute atomic E-state index is 0.0440. The van der Waals surface area contributed by atoms with Gasteiger partial charge in [0.25, 0.3) is 0 Å². The summed E-state index contributed by atoms with van der Waals surface area (Å²) in [4.78, 5) is 35.9. The van der Waals surface area contributed by atoms with E-state index in [0.717, 1.165) is 35.1 Å². The van der Waals surface area contributed by atoms with Crippen LogP contribution in [0.1, 0.15) is 42.7 Å². The molecular weight excluding hydrogens is 432 g/mol. The Kier molecular flexibility index (Phi) is 7.17. The van der Waals surface area contributed by atoms with Gasteiger partial charge in [-0.2, -0.15) is 0 Å². The predicted molar refractivity (Wildman–Crippen MR) is 127 cm³/mol. The highest BCUT2D eigenvalue weighted by molar-refractivity contribution is 5.86. The predicted octanol–water partition coefficient (Wildman–Crippen LogP) is 3.53. The van der Waals surface area contributed by atoms with Crippen LogP contribution in [0.25, 0.3) is 11.1 Å². The number of carboxylic acids is 1. The average molecular weight is 461 g/mol. The van der Waals surface area contributed by atoms with Crippen LogP contribution in [0, 0.1) is 24.2 Å². The van der Waals surface area contributed by atoms with E-state index in [0.29, 0.717) is 6.54 Å². The summed E-state index contributed by atoms with van der Waals surface area (Å²) in [5.41, 5.74) is 4.49. The second-order valence-electron chi connectivity index (χ2n) is 8.98. The van der Waals surface area contributed by atoms with Crippen molar-refractivity contribution in [3.05, 3.63) is 59.7 Å². The number of carbonyl (C=O) groups excluding carboxylic acids is 2. The van der Waals surface area contributed by atoms with Crippen molar-refractivity contribution < 1.29 is 24.2 Å². The van der Waals surface area contributed by atoms with Crippen molar-refractivity contribution in [2.45, 2.75) is 37.6 Å². The number of rotatable bonds is 9. The van der Waals surface area contributed by atoms with Crippen molar-refractivity contribution >= 4 is 18.0 Å². The van der Waals surface area contributed by atoms with Crippen LogP contribution >= 0.6 is 0 Å². The van der Waals surface area contributed by atoms with Gasteiger partial charge < -0.3 is 20.5 Å². The van der Waals surface area contributed by atoms with Crippen LogP contribution < -0.4 is 10.6 Å². The van der Waals surface area contributed by atoms with E-state index >= 15 is 0 Å². The van der Waals surface area contributed by atoms with Gasteiger partial charge in [0.2, 0.25) is 5.91 Å². The lowest BCUT2D eigenvalue weighted by Gasteiger charge is -2.34. The van der Waals surface area contributed by atoms with Crippen molar-refractivity contribution in [2.24, 2.45) is 11.8 Å². The van der Waals surface area contributed by atoms with Gasteiger partial charge in [0, 0.05) is 25.3 Å². The number of terminal acetylenes is 1. The highest BCUT2D eigenvalue weighted by atomic mass is 16.5. The van der Waals surface area contributed by atoms with Crippen LogP contribution in [0.15, 0.2) is 48.5 Å². The third-order valence-corrected chi connectivity index (χ3v) is 6.64. The third kappa shape index (κ3) is 5.23. The zero-order valence-corrected chi connectivity index (χ0v) is 18.8. The minimum Gasteiger partial charge on any atom is -0.481 e. The third-order valence-electron chi connectivity index (χ3n) is 6.64. The molecule has 0 saturated heterocycles. The first-order chi connectivity index (χ1) is 16.5. The van der Waals surface area contributed by atoms with E-state index in [2.05, 4.69) is 28.7 Å². The molecule has 2 aromatic rings. The SMILES string of the molecule is C#CCC(NC(=O)OCC1c2ccccc2-c2ccccc21)C(=O)NCC1CC(CC(=O)O)C1. The van der Waals surface area contributed by atoms with Gasteiger partial charge in [-0.05, 0) is 46.9 Å². The van der Waals surface area contributed by atoms with Gasteiger partial charge in [-0.1, -0.05) is 48.5 Å². The average Bonchev–Trinajstić information content (AvgIpc) is 3.12. The molecule has 0 bridgehead atoms. The van der Waals surface area contributed by atoms with E-state index in [1.807, 2.05) is 36.4 Å². The second kappa shape index (κ2) is 10.4. The molecule has 2 aliphatic carbocycles. The van der Waals surface area contributed by atoms with E-state index in [1.165, 1.54) is 0 Å². The molecule has 1 atom stereocenters. The maximum Gasteiger partial charge on any atom is 0.407 e. The van der Waals surface area contributed by atoms with Crippen molar-refractivity contribution in [2.75, 3.05) is 13.2 Å². The Labute approximate surface area is 198 Å². The molecule has 0 aromatic heterocycles. The van der Waals surface area contributed by atoms with Crippen LogP contribution in [-0.2, 0) is 14.3 Å². The summed E-state index contributed by atoms with van der Waals surface area (Å²) >= 11 is 0. The number of benzene rings is 2. The van der Waals surface area contributed by atoms with E-state index in [9.17, 15) is 14.4 Å². The van der Waals surface area contributed by atoms with E-state index in [1.54, 1.807) is 0 Å². The second-order valence-corrected chi connectivity index (χ2v) is 8.98. The van der Waals surface area contributed by atoms with Crippen molar-refractivity contribution in [3.8, 4) is 23.5 Å². The van der Waals surface area contributed by atoms with E-state index < -0.39 is 18.1 Å². The topological polar surface area (TPSA) is 105 Å². The molecule has 1 unspecified atom stereocenters. The van der Waals surface area contributed by atoms with Crippen LogP contribution in [0.4, 0.5) is 4.79 Å². The lowest BCUT2D eigenvalue weighted by atomic mass is 9.73. The van der Waals surface area contributed by atoms with Crippen molar-refractivity contribution in [3.63, 3.8) is 0 Å². The van der Waals surface area contributed by atoms with Gasteiger partial charge in [-0.3, -0.25) is 9.59 Å². The van der Waals surface area contributed by atoms with Gasteiger partial charge in [0.1, 0.15) is 12.6 Å². The van der Waals surface area contributed by atoms with Gasteiger partial charge in [0.05, 0.1) is 0 Å². The number of fused-ring (bicyclic) bond motifs is 3. The molecule has 0 heterocycles. The van der Waals surface area contributed by atoms with Gasteiger partial charge >= 0.3 is 12.1 Å². The number of amides is 2. The number of carbonyl (C=O) groups is 3. The number of alkyl carbamates (subject to hydrolysis) is 1. The monoisotopic (exact) mass is 460 g/mol. The Hall–Kier alpha value is -3.79. The molecule has 7 heteroatoms. The first kappa shape index (κ1) is 23.4. The van der Waals surface area contributed by atoms with Crippen LogP contribution in [0.3, 0.4) is 0 Å². The zero-order chi connectivity index (χ0) is 24.1. The van der Waals surface area contributed by atoms with Crippen molar-refractivity contribution in [1.29, 1.82) is 0 Å². The fourth-order valence-corrected chi connectivity index (χ4v) is 4.93. The molecule has 2 aliphatic rings. The van der Waals surface area contributed by atoms with Gasteiger partial charge in [-0.25, -0.2) is 4.79 Å². The zero-order valence-electron chi connectivity index (χ0n) is 18.8. The molecule has 0 aliphatic heterocycles. The highest BCUT2D eigenvalue weighted by Crippen LogP contribution is 2.44. The summed E-state index contributed by atoms with van der Waals surface area (Å²) in [6.07, 6.45) is 6.45. The first-order valence-corrected chi connectivity index (χ1v) is 11.5. The lowest BCUT2D eigenvalue weighted by molar-refractivity contribution is -0.139. The normalized spacial score (nSPS) is 19.0. The van der Waals surface area contributed by atoms with E-state index in [4.69, 9.17) is 16.3 Å². The van der Waals surface area contributed by atoms with Crippen molar-refractivity contribution in [1.82, 2.24) is 10.6 Å². The maximum absolute atomic E-state index is 12.6. The quantitative estimate of drug-likeness (QED) is 0.497. The van der Waals surface area contributed by atoms with Gasteiger partial charge in [0.15, 0.2) is 0 Å². The molecule has 3 N–H and O–H groups in total. The number of hydrogen-bond acceptors (Lipinski definition) is 4. The molecule has 2 aromatic carbocycles. The number of hydrogen-bond donors (Lipinski definition) is 3. The van der Waals surface area contributed by atoms with Gasteiger partial charge in [-0.15, -0.1) is 12.3 Å². The Morgan fingerprint density at radius 3 is 2.24 bits per heavy atom. The molecule has 0 spiro atoms. The van der Waals surface area contributed by atoms with Crippen LogP contribution in [-0.4, -0.2) is 42.3 Å². The maximum atomic E-state index is 12.6. The standard InChI is InChI=1S/C27H28N2O5/c1-2-7-24(26(32)28-15-18-12-17(13-18)14-25(30)31)29-27(33)34-16-23-21-10-5-3-8-19(21)20-9-4-6-11-22(20)23/h1,3-6,8-11,17-18,23-24H,7,12-16H2,(H,28,32)(H,29,33)(H,30,31). The summed E-state index contributed by atoms with van der Waals surface area (Å²) in [7, 11) is 0. The number of carboxylic acid groups (broad SMARTS) is 1. The Morgan fingerprint density at radius 1 is 1.03 bits per heavy atom. The summed E-state index contributed by atoms with van der Waals surface area (Å²) in [6.45, 7) is 0.583. The fraction of sp³-hybridized carbons (Fsp3) is 0.370. The molecule has 4 rings (SSSR count). The van der Waals surface area contributed by atoms with E-state index in [-0.39, 0.29) is 43.1 Å². The Morgan fingerprint density at radius 2 is 1.65 bits per heavy atom. The highest BCUT2D eigenvalue weighted by Gasteiger charge is 2.32. The fourth-order valence-electron chi connectivity index (χ4n) is 4.93. The smallest absolute Gasteiger partial charge is 0.407 e. The van der Waals surface area contributed by atoms with Crippen LogP contribution in [0.5, 0.6) is 0 Å². The summed E-state index contributed by atoms with van der Waals surface area (Å²) < 4.78 is 5.52. The number of nitrogens with one attached hydrogen (secondary N) is 2. The molecule has 1 saturated carbocycles. The Bertz CT molecular complexity index is 1070. The molecule has 176 valence electrons. The minimum atomic E-state index is -0.893. The van der Waals surface area contributed by atoms with Crippen LogP contribution in [0.2, 0.25) is 0 Å². The first-order valence-electron chi connectivity index (χ1n) is 11.5. The number of ether oxygens (including phenoxy) is 1. The molecule has 7 nitrogen and oxygen atoms in total. The summed E-state index contributed by atoms with van der Waals surface area (Å²) in [6, 6.07) is 15.2.